The highest BCUT2D eigenvalue weighted by atomic mass is 32.2. The molecular weight excluding hydrogens is 268 g/mol. The van der Waals surface area contributed by atoms with Crippen LogP contribution < -0.4 is 5.32 Å². The summed E-state index contributed by atoms with van der Waals surface area (Å²) in [5.74, 6) is 0. The van der Waals surface area contributed by atoms with Crippen molar-refractivity contribution < 1.29 is 13.2 Å². The van der Waals surface area contributed by atoms with Crippen LogP contribution in [-0.2, 0) is 14.9 Å². The summed E-state index contributed by atoms with van der Waals surface area (Å²) < 4.78 is 33.1. The first-order valence-corrected chi connectivity index (χ1v) is 8.35. The summed E-state index contributed by atoms with van der Waals surface area (Å²) >= 11 is 0. The number of nitrogens with one attached hydrogen (secondary N) is 1. The molecular formula is C11H22N4O3S. The first kappa shape index (κ1) is 13.7. The predicted molar refractivity (Wildman–Crippen MR) is 71.1 cm³/mol. The molecule has 0 saturated carbocycles. The maximum Gasteiger partial charge on any atom is 0.282 e. The van der Waals surface area contributed by atoms with E-state index in [9.17, 15) is 8.42 Å². The highest BCUT2D eigenvalue weighted by Crippen LogP contribution is 2.22. The third kappa shape index (κ3) is 2.79. The molecule has 0 unspecified atom stereocenters. The van der Waals surface area contributed by atoms with Crippen LogP contribution in [0.4, 0.5) is 0 Å². The Morgan fingerprint density at radius 1 is 0.947 bits per heavy atom. The number of ether oxygens (including phenoxy) is 1. The zero-order valence-electron chi connectivity index (χ0n) is 11.1. The van der Waals surface area contributed by atoms with Crippen molar-refractivity contribution >= 4 is 10.2 Å². The maximum atomic E-state index is 12.4. The van der Waals surface area contributed by atoms with Crippen molar-refractivity contribution in [3.63, 3.8) is 0 Å². The van der Waals surface area contributed by atoms with Crippen LogP contribution >= 0.6 is 0 Å². The van der Waals surface area contributed by atoms with Crippen LogP contribution in [0.15, 0.2) is 0 Å². The second-order valence-electron chi connectivity index (χ2n) is 5.28. The Morgan fingerprint density at radius 3 is 2.21 bits per heavy atom. The molecule has 3 aliphatic heterocycles. The molecule has 0 atom stereocenters. The number of hydrogen-bond acceptors (Lipinski definition) is 5. The highest BCUT2D eigenvalue weighted by molar-refractivity contribution is 7.86. The van der Waals surface area contributed by atoms with Gasteiger partial charge in [0.25, 0.3) is 10.2 Å². The van der Waals surface area contributed by atoms with Crippen LogP contribution in [0, 0.1) is 0 Å². The van der Waals surface area contributed by atoms with Gasteiger partial charge in [0.2, 0.25) is 0 Å². The van der Waals surface area contributed by atoms with Crippen molar-refractivity contribution in [1.29, 1.82) is 0 Å². The van der Waals surface area contributed by atoms with Gasteiger partial charge < -0.3 is 10.1 Å². The molecule has 0 aromatic heterocycles. The summed E-state index contributed by atoms with van der Waals surface area (Å²) in [7, 11) is -3.25. The molecule has 19 heavy (non-hydrogen) atoms. The molecule has 0 radical (unpaired) electrons. The van der Waals surface area contributed by atoms with E-state index in [1.807, 2.05) is 0 Å². The quantitative estimate of drug-likeness (QED) is 0.661. The van der Waals surface area contributed by atoms with Crippen LogP contribution in [0.3, 0.4) is 0 Å². The van der Waals surface area contributed by atoms with Gasteiger partial charge in [0.15, 0.2) is 0 Å². The SMILES string of the molecule is O=S(=O)(N1CCOCC1)N1CC(N2CCNCC2)C1. The van der Waals surface area contributed by atoms with Gasteiger partial charge in [-0.25, -0.2) is 0 Å². The van der Waals surface area contributed by atoms with Gasteiger partial charge in [-0.2, -0.15) is 17.0 Å². The van der Waals surface area contributed by atoms with Gasteiger partial charge in [0, 0.05) is 58.4 Å². The maximum absolute atomic E-state index is 12.4. The number of nitrogens with zero attached hydrogens (tertiary/aromatic N) is 3. The molecule has 7 nitrogen and oxygen atoms in total. The lowest BCUT2D eigenvalue weighted by atomic mass is 10.1. The zero-order chi connectivity index (χ0) is 13.3. The van der Waals surface area contributed by atoms with Crippen LogP contribution in [0.2, 0.25) is 0 Å². The second kappa shape index (κ2) is 5.63. The van der Waals surface area contributed by atoms with E-state index in [4.69, 9.17) is 4.74 Å². The number of hydrogen-bond donors (Lipinski definition) is 1. The Balaban J connectivity index is 1.54. The first-order valence-electron chi connectivity index (χ1n) is 6.96. The summed E-state index contributed by atoms with van der Waals surface area (Å²) in [5, 5.41) is 3.32. The van der Waals surface area contributed by atoms with E-state index in [1.165, 1.54) is 0 Å². The number of piperazine rings is 1. The fourth-order valence-electron chi connectivity index (χ4n) is 2.82. The third-order valence-electron chi connectivity index (χ3n) is 4.12. The fraction of sp³-hybridized carbons (Fsp3) is 1.00. The van der Waals surface area contributed by atoms with Crippen LogP contribution in [0.5, 0.6) is 0 Å². The Kier molecular flexibility index (Phi) is 4.06. The molecule has 0 aromatic rings. The van der Waals surface area contributed by atoms with Crippen molar-refractivity contribution in [3.05, 3.63) is 0 Å². The van der Waals surface area contributed by atoms with Crippen molar-refractivity contribution in [3.8, 4) is 0 Å². The Labute approximate surface area is 114 Å². The van der Waals surface area contributed by atoms with Crippen molar-refractivity contribution in [2.75, 3.05) is 65.6 Å². The van der Waals surface area contributed by atoms with E-state index in [0.717, 1.165) is 26.2 Å². The molecule has 3 rings (SSSR count). The van der Waals surface area contributed by atoms with Gasteiger partial charge in [0.05, 0.1) is 13.2 Å². The molecule has 110 valence electrons. The monoisotopic (exact) mass is 290 g/mol. The lowest BCUT2D eigenvalue weighted by Crippen LogP contribution is -2.66. The minimum atomic E-state index is -3.25. The van der Waals surface area contributed by atoms with E-state index >= 15 is 0 Å². The molecule has 3 aliphatic rings. The van der Waals surface area contributed by atoms with Crippen molar-refractivity contribution in [2.24, 2.45) is 0 Å². The normalized spacial score (nSPS) is 29.3. The smallest absolute Gasteiger partial charge is 0.282 e. The van der Waals surface area contributed by atoms with E-state index in [0.29, 0.717) is 45.4 Å². The van der Waals surface area contributed by atoms with Gasteiger partial charge in [-0.15, -0.1) is 0 Å². The molecule has 0 aromatic carbocycles. The third-order valence-corrected chi connectivity index (χ3v) is 6.09. The molecule has 0 amide bonds. The summed E-state index contributed by atoms with van der Waals surface area (Å²) in [6.45, 7) is 7.32. The molecule has 3 saturated heterocycles. The van der Waals surface area contributed by atoms with Crippen LogP contribution in [0.25, 0.3) is 0 Å². The fourth-order valence-corrected chi connectivity index (χ4v) is 4.48. The van der Waals surface area contributed by atoms with Crippen molar-refractivity contribution in [2.45, 2.75) is 6.04 Å². The summed E-state index contributed by atoms with van der Waals surface area (Å²) in [6, 6.07) is 0.401. The first-order chi connectivity index (χ1) is 9.18. The summed E-state index contributed by atoms with van der Waals surface area (Å²) in [4.78, 5) is 2.39. The molecule has 0 spiro atoms. The van der Waals surface area contributed by atoms with Gasteiger partial charge in [-0.3, -0.25) is 4.90 Å². The minimum Gasteiger partial charge on any atom is -0.379 e. The minimum absolute atomic E-state index is 0.401. The summed E-state index contributed by atoms with van der Waals surface area (Å²) in [5.41, 5.74) is 0. The Hall–Kier alpha value is -0.250. The van der Waals surface area contributed by atoms with E-state index in [2.05, 4.69) is 10.2 Å². The summed E-state index contributed by atoms with van der Waals surface area (Å²) in [6.07, 6.45) is 0. The average Bonchev–Trinajstić information content (AvgIpc) is 2.39. The second-order valence-corrected chi connectivity index (χ2v) is 7.20. The zero-order valence-corrected chi connectivity index (χ0v) is 11.9. The lowest BCUT2D eigenvalue weighted by Gasteiger charge is -2.47. The molecule has 0 bridgehead atoms. The average molecular weight is 290 g/mol. The highest BCUT2D eigenvalue weighted by Gasteiger charge is 2.42. The standard InChI is InChI=1S/C11H22N4O3S/c16-19(17,14-5-7-18-8-6-14)15-9-11(10-15)13-3-1-12-2-4-13/h11-12H,1-10H2. The topological polar surface area (TPSA) is 65.1 Å². The lowest BCUT2D eigenvalue weighted by molar-refractivity contribution is 0.0533. The van der Waals surface area contributed by atoms with Gasteiger partial charge in [-0.1, -0.05) is 0 Å². The van der Waals surface area contributed by atoms with Gasteiger partial charge in [0.1, 0.15) is 0 Å². The molecule has 0 aliphatic carbocycles. The molecule has 3 heterocycles. The Morgan fingerprint density at radius 2 is 1.58 bits per heavy atom. The van der Waals surface area contributed by atoms with Gasteiger partial charge in [-0.05, 0) is 0 Å². The molecule has 1 N–H and O–H groups in total. The van der Waals surface area contributed by atoms with E-state index < -0.39 is 10.2 Å². The molecule has 8 heteroatoms. The number of morpholine rings is 1. The predicted octanol–water partition coefficient (Wildman–Crippen LogP) is -1.85. The van der Waals surface area contributed by atoms with Gasteiger partial charge >= 0.3 is 0 Å². The Bertz CT molecular complexity index is 398. The molecule has 3 fully saturated rings. The van der Waals surface area contributed by atoms with E-state index in [-0.39, 0.29) is 0 Å². The van der Waals surface area contributed by atoms with E-state index in [1.54, 1.807) is 8.61 Å². The number of rotatable bonds is 3. The van der Waals surface area contributed by atoms with Crippen LogP contribution in [0.1, 0.15) is 0 Å². The largest absolute Gasteiger partial charge is 0.379 e. The van der Waals surface area contributed by atoms with Crippen LogP contribution in [-0.4, -0.2) is 93.5 Å². The van der Waals surface area contributed by atoms with Crippen molar-refractivity contribution in [1.82, 2.24) is 18.8 Å².